The number of likely N-dealkylation sites (tertiary alicyclic amines) is 1. The number of amides is 1. The average molecular weight is 286 g/mol. The lowest BCUT2D eigenvalue weighted by molar-refractivity contribution is 0.0697. The first-order chi connectivity index (χ1) is 10.3. The summed E-state index contributed by atoms with van der Waals surface area (Å²) in [4.78, 5) is 22.8. The highest BCUT2D eigenvalue weighted by molar-refractivity contribution is 5.92. The molecule has 0 bridgehead atoms. The van der Waals surface area contributed by atoms with E-state index in [0.717, 1.165) is 25.8 Å². The summed E-state index contributed by atoms with van der Waals surface area (Å²) in [7, 11) is 0. The van der Waals surface area contributed by atoms with Gasteiger partial charge in [-0.05, 0) is 25.0 Å². The second-order valence-corrected chi connectivity index (χ2v) is 5.21. The number of piperidine rings is 1. The first kappa shape index (κ1) is 13.7. The van der Waals surface area contributed by atoms with Crippen LogP contribution in [0.5, 0.6) is 0 Å². The zero-order chi connectivity index (χ0) is 14.7. The number of hydrogen-bond acceptors (Lipinski definition) is 5. The largest absolute Gasteiger partial charge is 0.339 e. The van der Waals surface area contributed by atoms with Crippen molar-refractivity contribution in [2.24, 2.45) is 0 Å². The molecule has 21 heavy (non-hydrogen) atoms. The third-order valence-electron chi connectivity index (χ3n) is 3.74. The minimum atomic E-state index is -0.0282. The van der Waals surface area contributed by atoms with Crippen LogP contribution in [0.1, 0.15) is 47.9 Å². The summed E-state index contributed by atoms with van der Waals surface area (Å²) in [6, 6.07) is 5.38. The summed E-state index contributed by atoms with van der Waals surface area (Å²) in [5.41, 5.74) is 0.487. The molecule has 1 atom stereocenters. The zero-order valence-electron chi connectivity index (χ0n) is 12.0. The Morgan fingerprint density at radius 3 is 3.10 bits per heavy atom. The molecular weight excluding hydrogens is 268 g/mol. The number of pyridine rings is 1. The van der Waals surface area contributed by atoms with Crippen molar-refractivity contribution in [3.63, 3.8) is 0 Å². The average Bonchev–Trinajstić information content (AvgIpc) is 3.04. The molecule has 2 aromatic heterocycles. The molecule has 1 fully saturated rings. The molecule has 0 radical (unpaired) electrons. The summed E-state index contributed by atoms with van der Waals surface area (Å²) in [5, 5.41) is 4.04. The van der Waals surface area contributed by atoms with Gasteiger partial charge in [0.05, 0.1) is 0 Å². The molecule has 0 saturated carbocycles. The van der Waals surface area contributed by atoms with Gasteiger partial charge in [-0.25, -0.2) is 0 Å². The number of nitrogens with zero attached hydrogens (tertiary/aromatic N) is 4. The summed E-state index contributed by atoms with van der Waals surface area (Å²) in [6.07, 6.45) is 4.30. The van der Waals surface area contributed by atoms with Gasteiger partial charge in [0, 0.05) is 31.6 Å². The van der Waals surface area contributed by atoms with E-state index in [1.165, 1.54) is 0 Å². The summed E-state index contributed by atoms with van der Waals surface area (Å²) >= 11 is 0. The SMILES string of the molecule is CCc1nc([C@@H]2CCCN(C(=O)c3ccccn3)C2)no1. The van der Waals surface area contributed by atoms with Gasteiger partial charge in [0.1, 0.15) is 5.69 Å². The van der Waals surface area contributed by atoms with Crippen molar-refractivity contribution in [3.8, 4) is 0 Å². The summed E-state index contributed by atoms with van der Waals surface area (Å²) in [5.74, 6) is 1.48. The van der Waals surface area contributed by atoms with Crippen LogP contribution in [0.4, 0.5) is 0 Å². The highest BCUT2D eigenvalue weighted by Crippen LogP contribution is 2.25. The van der Waals surface area contributed by atoms with E-state index in [1.807, 2.05) is 17.9 Å². The fraction of sp³-hybridized carbons (Fsp3) is 0.467. The van der Waals surface area contributed by atoms with Gasteiger partial charge < -0.3 is 9.42 Å². The van der Waals surface area contributed by atoms with Crippen LogP contribution < -0.4 is 0 Å². The Morgan fingerprint density at radius 1 is 1.48 bits per heavy atom. The molecule has 0 spiro atoms. The predicted octanol–water partition coefficient (Wildman–Crippen LogP) is 2.05. The lowest BCUT2D eigenvalue weighted by atomic mass is 9.97. The molecule has 6 nitrogen and oxygen atoms in total. The van der Waals surface area contributed by atoms with Crippen molar-refractivity contribution in [1.29, 1.82) is 0 Å². The summed E-state index contributed by atoms with van der Waals surface area (Å²) < 4.78 is 5.17. The molecule has 3 heterocycles. The van der Waals surface area contributed by atoms with Crippen LogP contribution in [0.3, 0.4) is 0 Å². The molecule has 1 aliphatic heterocycles. The van der Waals surface area contributed by atoms with E-state index < -0.39 is 0 Å². The molecule has 0 unspecified atom stereocenters. The smallest absolute Gasteiger partial charge is 0.272 e. The van der Waals surface area contributed by atoms with Crippen LogP contribution in [0, 0.1) is 0 Å². The van der Waals surface area contributed by atoms with Crippen LogP contribution in [-0.4, -0.2) is 39.0 Å². The van der Waals surface area contributed by atoms with Crippen molar-refractivity contribution >= 4 is 5.91 Å². The molecular formula is C15H18N4O2. The number of aromatic nitrogens is 3. The van der Waals surface area contributed by atoms with E-state index >= 15 is 0 Å². The van der Waals surface area contributed by atoms with Crippen LogP contribution in [0.2, 0.25) is 0 Å². The normalized spacial score (nSPS) is 18.7. The van der Waals surface area contributed by atoms with E-state index in [2.05, 4.69) is 15.1 Å². The second kappa shape index (κ2) is 6.03. The van der Waals surface area contributed by atoms with Crippen LogP contribution in [0.25, 0.3) is 0 Å². The van der Waals surface area contributed by atoms with Crippen molar-refractivity contribution in [1.82, 2.24) is 20.0 Å². The topological polar surface area (TPSA) is 72.1 Å². The molecule has 2 aromatic rings. The van der Waals surface area contributed by atoms with Crippen molar-refractivity contribution in [2.75, 3.05) is 13.1 Å². The Morgan fingerprint density at radius 2 is 2.38 bits per heavy atom. The van der Waals surface area contributed by atoms with Crippen molar-refractivity contribution in [3.05, 3.63) is 41.8 Å². The van der Waals surface area contributed by atoms with Gasteiger partial charge in [-0.1, -0.05) is 18.1 Å². The maximum Gasteiger partial charge on any atom is 0.272 e. The number of hydrogen-bond donors (Lipinski definition) is 0. The van der Waals surface area contributed by atoms with E-state index in [4.69, 9.17) is 4.52 Å². The highest BCUT2D eigenvalue weighted by atomic mass is 16.5. The quantitative estimate of drug-likeness (QED) is 0.863. The van der Waals surface area contributed by atoms with Crippen LogP contribution in [-0.2, 0) is 6.42 Å². The van der Waals surface area contributed by atoms with Gasteiger partial charge in [-0.15, -0.1) is 0 Å². The first-order valence-corrected chi connectivity index (χ1v) is 7.30. The lowest BCUT2D eigenvalue weighted by Crippen LogP contribution is -2.39. The highest BCUT2D eigenvalue weighted by Gasteiger charge is 2.28. The second-order valence-electron chi connectivity index (χ2n) is 5.21. The Hall–Kier alpha value is -2.24. The number of carbonyl (C=O) groups is 1. The molecule has 1 aliphatic rings. The third-order valence-corrected chi connectivity index (χ3v) is 3.74. The van der Waals surface area contributed by atoms with Crippen molar-refractivity contribution in [2.45, 2.75) is 32.1 Å². The first-order valence-electron chi connectivity index (χ1n) is 7.30. The minimum Gasteiger partial charge on any atom is -0.339 e. The Balaban J connectivity index is 1.72. The molecule has 1 saturated heterocycles. The van der Waals surface area contributed by atoms with E-state index in [0.29, 0.717) is 24.0 Å². The van der Waals surface area contributed by atoms with Gasteiger partial charge >= 0.3 is 0 Å². The van der Waals surface area contributed by atoms with Crippen LogP contribution >= 0.6 is 0 Å². The van der Waals surface area contributed by atoms with Gasteiger partial charge in [-0.3, -0.25) is 9.78 Å². The Kier molecular flexibility index (Phi) is 3.94. The van der Waals surface area contributed by atoms with Gasteiger partial charge in [0.2, 0.25) is 5.89 Å². The fourth-order valence-electron chi connectivity index (χ4n) is 2.60. The molecule has 0 aliphatic carbocycles. The lowest BCUT2D eigenvalue weighted by Gasteiger charge is -2.31. The van der Waals surface area contributed by atoms with Gasteiger partial charge in [-0.2, -0.15) is 4.98 Å². The monoisotopic (exact) mass is 286 g/mol. The number of rotatable bonds is 3. The molecule has 6 heteroatoms. The third kappa shape index (κ3) is 2.94. The predicted molar refractivity (Wildman–Crippen MR) is 75.8 cm³/mol. The Labute approximate surface area is 123 Å². The fourth-order valence-corrected chi connectivity index (χ4v) is 2.60. The maximum absolute atomic E-state index is 12.4. The molecule has 1 amide bonds. The van der Waals surface area contributed by atoms with E-state index in [1.54, 1.807) is 18.3 Å². The molecule has 0 N–H and O–H groups in total. The van der Waals surface area contributed by atoms with Gasteiger partial charge in [0.15, 0.2) is 5.82 Å². The maximum atomic E-state index is 12.4. The van der Waals surface area contributed by atoms with E-state index in [-0.39, 0.29) is 11.8 Å². The standard InChI is InChI=1S/C15H18N4O2/c1-2-13-17-14(18-21-13)11-6-5-9-19(10-11)15(20)12-7-3-4-8-16-12/h3-4,7-8,11H,2,5-6,9-10H2,1H3/t11-/m1/s1. The number of carbonyl (C=O) groups excluding carboxylic acids is 1. The number of aryl methyl sites for hydroxylation is 1. The Bertz CT molecular complexity index is 611. The van der Waals surface area contributed by atoms with E-state index in [9.17, 15) is 4.79 Å². The van der Waals surface area contributed by atoms with Crippen molar-refractivity contribution < 1.29 is 9.32 Å². The molecule has 110 valence electrons. The molecule has 0 aromatic carbocycles. The van der Waals surface area contributed by atoms with Gasteiger partial charge in [0.25, 0.3) is 5.91 Å². The minimum absolute atomic E-state index is 0.0282. The van der Waals surface area contributed by atoms with Crippen LogP contribution in [0.15, 0.2) is 28.9 Å². The zero-order valence-corrected chi connectivity index (χ0v) is 12.0. The summed E-state index contributed by atoms with van der Waals surface area (Å²) in [6.45, 7) is 3.36. The molecule has 3 rings (SSSR count).